The number of rotatable bonds is 12. The molecular formula is C21H35ClO. The molecule has 0 aromatic rings. The van der Waals surface area contributed by atoms with E-state index in [1.54, 1.807) is 0 Å². The van der Waals surface area contributed by atoms with Crippen LogP contribution in [0.1, 0.15) is 73.1 Å². The fourth-order valence-corrected chi connectivity index (χ4v) is 2.32. The van der Waals surface area contributed by atoms with E-state index >= 15 is 0 Å². The summed E-state index contributed by atoms with van der Waals surface area (Å²) in [6, 6.07) is 0.268. The summed E-state index contributed by atoms with van der Waals surface area (Å²) in [5.41, 5.74) is 5.78. The predicted molar refractivity (Wildman–Crippen MR) is 105 cm³/mol. The monoisotopic (exact) mass is 338 g/mol. The normalized spacial score (nSPS) is 13.4. The molecule has 0 rings (SSSR count). The van der Waals surface area contributed by atoms with Crippen LogP contribution < -0.4 is 0 Å². The van der Waals surface area contributed by atoms with Crippen molar-refractivity contribution in [2.24, 2.45) is 0 Å². The Balaban J connectivity index is 3.93. The lowest BCUT2D eigenvalue weighted by Crippen LogP contribution is -1.88. The van der Waals surface area contributed by atoms with Gasteiger partial charge in [0.2, 0.25) is 0 Å². The molecule has 0 unspecified atom stereocenters. The second kappa shape index (κ2) is 14.8. The summed E-state index contributed by atoms with van der Waals surface area (Å²) < 4.78 is 5.11. The molecule has 2 heteroatoms. The van der Waals surface area contributed by atoms with Gasteiger partial charge < -0.3 is 4.74 Å². The quantitative estimate of drug-likeness (QED) is 0.205. The molecule has 1 nitrogen and oxygen atoms in total. The van der Waals surface area contributed by atoms with Crippen molar-refractivity contribution in [2.45, 2.75) is 73.1 Å². The minimum atomic E-state index is 0.268. The Morgan fingerprint density at radius 1 is 0.696 bits per heavy atom. The first-order valence-electron chi connectivity index (χ1n) is 8.69. The third-order valence-electron chi connectivity index (χ3n) is 3.78. The number of halogens is 1. The van der Waals surface area contributed by atoms with Crippen molar-refractivity contribution in [1.82, 2.24) is 0 Å². The van der Waals surface area contributed by atoms with Crippen LogP contribution in [0.5, 0.6) is 0 Å². The largest absolute Gasteiger partial charge is 0.362 e. The molecule has 0 N–H and O–H groups in total. The zero-order valence-corrected chi connectivity index (χ0v) is 16.5. The summed E-state index contributed by atoms with van der Waals surface area (Å²) in [5.74, 6) is 0. The van der Waals surface area contributed by atoms with Gasteiger partial charge in [0.05, 0.1) is 6.61 Å². The Bertz CT molecular complexity index is 423. The van der Waals surface area contributed by atoms with Gasteiger partial charge in [-0.2, -0.15) is 0 Å². The Hall–Kier alpha value is -0.790. The Labute approximate surface area is 149 Å². The highest BCUT2D eigenvalue weighted by atomic mass is 35.5. The molecule has 0 aliphatic rings. The molecule has 0 spiro atoms. The van der Waals surface area contributed by atoms with Crippen molar-refractivity contribution in [3.05, 3.63) is 46.6 Å². The molecule has 0 aromatic carbocycles. The topological polar surface area (TPSA) is 9.23 Å². The molecule has 0 radical (unpaired) electrons. The molecule has 0 aliphatic carbocycles. The van der Waals surface area contributed by atoms with Gasteiger partial charge in [0.1, 0.15) is 6.07 Å². The number of ether oxygens (including phenoxy) is 1. The molecule has 0 saturated carbocycles. The lowest BCUT2D eigenvalue weighted by molar-refractivity contribution is 0.212. The van der Waals surface area contributed by atoms with Crippen molar-refractivity contribution in [3.8, 4) is 0 Å². The van der Waals surface area contributed by atoms with Gasteiger partial charge in [-0.15, -0.1) is 0 Å². The molecule has 0 bridgehead atoms. The van der Waals surface area contributed by atoms with Crippen LogP contribution in [-0.2, 0) is 4.74 Å². The molecule has 0 amide bonds. The smallest absolute Gasteiger partial charge is 0.121 e. The molecule has 0 atom stereocenters. The van der Waals surface area contributed by atoms with E-state index in [-0.39, 0.29) is 6.07 Å². The maximum Gasteiger partial charge on any atom is 0.121 e. The van der Waals surface area contributed by atoms with Crippen LogP contribution in [0.25, 0.3) is 0 Å². The summed E-state index contributed by atoms with van der Waals surface area (Å²) in [7, 11) is 0. The zero-order valence-electron chi connectivity index (χ0n) is 15.8. The van der Waals surface area contributed by atoms with E-state index in [1.807, 2.05) is 0 Å². The Morgan fingerprint density at radius 2 is 1.13 bits per heavy atom. The van der Waals surface area contributed by atoms with Crippen LogP contribution in [0.15, 0.2) is 46.6 Å². The molecule has 0 fully saturated rings. The molecule has 23 heavy (non-hydrogen) atoms. The van der Waals surface area contributed by atoms with E-state index < -0.39 is 0 Å². The summed E-state index contributed by atoms with van der Waals surface area (Å²) >= 11 is 5.47. The first kappa shape index (κ1) is 22.2. The number of allylic oxidation sites excluding steroid dienone is 7. The summed E-state index contributed by atoms with van der Waals surface area (Å²) in [6.07, 6.45) is 16.1. The van der Waals surface area contributed by atoms with Gasteiger partial charge in [-0.05, 0) is 73.1 Å². The maximum atomic E-state index is 5.47. The molecule has 0 aliphatic heterocycles. The van der Waals surface area contributed by atoms with Crippen LogP contribution in [-0.4, -0.2) is 12.7 Å². The van der Waals surface area contributed by atoms with Gasteiger partial charge in [-0.3, -0.25) is 0 Å². The van der Waals surface area contributed by atoms with E-state index in [4.69, 9.17) is 16.3 Å². The predicted octanol–water partition coefficient (Wildman–Crippen LogP) is 7.35. The second-order valence-corrected chi connectivity index (χ2v) is 6.75. The lowest BCUT2D eigenvalue weighted by Gasteiger charge is -2.03. The van der Waals surface area contributed by atoms with Gasteiger partial charge in [0.25, 0.3) is 0 Å². The first-order chi connectivity index (χ1) is 11.0. The van der Waals surface area contributed by atoms with E-state index in [0.717, 1.165) is 25.7 Å². The molecule has 0 saturated heterocycles. The third kappa shape index (κ3) is 15.9. The lowest BCUT2D eigenvalue weighted by atomic mass is 10.0. The van der Waals surface area contributed by atoms with Crippen molar-refractivity contribution < 1.29 is 4.74 Å². The highest BCUT2D eigenvalue weighted by Crippen LogP contribution is 2.13. The zero-order chi connectivity index (χ0) is 17.5. The number of hydrogen-bond donors (Lipinski definition) is 0. The Kier molecular flexibility index (Phi) is 14.3. The molecule has 132 valence electrons. The molecular weight excluding hydrogens is 304 g/mol. The molecule has 0 aromatic heterocycles. The number of hydrogen-bond acceptors (Lipinski definition) is 1. The summed E-state index contributed by atoms with van der Waals surface area (Å²) in [5, 5.41) is 0. The fourth-order valence-electron chi connectivity index (χ4n) is 2.23. The van der Waals surface area contributed by atoms with Crippen molar-refractivity contribution >= 4 is 11.6 Å². The van der Waals surface area contributed by atoms with Crippen LogP contribution in [0.4, 0.5) is 0 Å². The average molecular weight is 339 g/mol. The van der Waals surface area contributed by atoms with E-state index in [0.29, 0.717) is 6.61 Å². The SMILES string of the molecule is CC(C)=CCCC(C)=CCCC(C)=CCCC(C)=CCOCCl. The summed E-state index contributed by atoms with van der Waals surface area (Å²) in [6.45, 7) is 11.6. The number of alkyl halides is 1. The maximum absolute atomic E-state index is 5.47. The van der Waals surface area contributed by atoms with Crippen molar-refractivity contribution in [2.75, 3.05) is 12.7 Å². The minimum absolute atomic E-state index is 0.268. The summed E-state index contributed by atoms with van der Waals surface area (Å²) in [4.78, 5) is 0. The van der Waals surface area contributed by atoms with E-state index in [2.05, 4.69) is 58.9 Å². The first-order valence-corrected chi connectivity index (χ1v) is 9.23. The highest BCUT2D eigenvalue weighted by molar-refractivity contribution is 6.17. The van der Waals surface area contributed by atoms with Gasteiger partial charge in [-0.1, -0.05) is 58.2 Å². The van der Waals surface area contributed by atoms with Gasteiger partial charge in [0.15, 0.2) is 0 Å². The van der Waals surface area contributed by atoms with Crippen LogP contribution in [0.2, 0.25) is 0 Å². The van der Waals surface area contributed by atoms with Gasteiger partial charge in [0, 0.05) is 0 Å². The average Bonchev–Trinajstić information content (AvgIpc) is 2.47. The van der Waals surface area contributed by atoms with Crippen LogP contribution in [0.3, 0.4) is 0 Å². The third-order valence-corrected chi connectivity index (χ3v) is 3.94. The van der Waals surface area contributed by atoms with Crippen LogP contribution >= 0.6 is 11.6 Å². The van der Waals surface area contributed by atoms with Crippen molar-refractivity contribution in [1.29, 1.82) is 0 Å². The minimum Gasteiger partial charge on any atom is -0.362 e. The fraction of sp³-hybridized carbons (Fsp3) is 0.619. The van der Waals surface area contributed by atoms with Gasteiger partial charge in [-0.25, -0.2) is 0 Å². The van der Waals surface area contributed by atoms with Gasteiger partial charge >= 0.3 is 0 Å². The van der Waals surface area contributed by atoms with Crippen molar-refractivity contribution in [3.63, 3.8) is 0 Å². The Morgan fingerprint density at radius 3 is 1.57 bits per heavy atom. The highest BCUT2D eigenvalue weighted by Gasteiger charge is 1.93. The second-order valence-electron chi connectivity index (χ2n) is 6.53. The van der Waals surface area contributed by atoms with E-state index in [9.17, 15) is 0 Å². The molecule has 0 heterocycles. The standard InChI is InChI=1S/C21H35ClO/c1-18(2)9-6-10-19(3)11-7-12-20(4)13-8-14-21(5)15-16-23-17-22/h9,11,13,15H,6-8,10,12,14,16-17H2,1-5H3. The van der Waals surface area contributed by atoms with E-state index in [1.165, 1.54) is 35.1 Å². The van der Waals surface area contributed by atoms with Crippen LogP contribution in [0, 0.1) is 0 Å².